The zero-order valence-corrected chi connectivity index (χ0v) is 20.2. The molecule has 6 N–H and O–H groups in total. The Morgan fingerprint density at radius 1 is 0.875 bits per heavy atom. The Kier molecular flexibility index (Phi) is 9.92. The van der Waals surface area contributed by atoms with Crippen LogP contribution in [0.2, 0.25) is 0 Å². The van der Waals surface area contributed by atoms with Crippen molar-refractivity contribution in [2.45, 2.75) is 26.7 Å². The fraction of sp³-hybridized carbons (Fsp3) is 0.478. The molecular formula is C23H37N5O3S. The van der Waals surface area contributed by atoms with Gasteiger partial charge in [-0.25, -0.2) is 13.1 Å². The Labute approximate surface area is 192 Å². The molecule has 2 aromatic carbocycles. The molecule has 0 aliphatic heterocycles. The second kappa shape index (κ2) is 12.2. The average Bonchev–Trinajstić information content (AvgIpc) is 2.72. The fourth-order valence-electron chi connectivity index (χ4n) is 3.76. The van der Waals surface area contributed by atoms with Crippen molar-refractivity contribution in [2.24, 2.45) is 11.5 Å². The van der Waals surface area contributed by atoms with E-state index in [1.165, 1.54) is 11.1 Å². The fourth-order valence-corrected chi connectivity index (χ4v) is 4.23. The highest BCUT2D eigenvalue weighted by molar-refractivity contribution is 7.88. The average molecular weight is 464 g/mol. The summed E-state index contributed by atoms with van der Waals surface area (Å²) in [5.41, 5.74) is 17.9. The van der Waals surface area contributed by atoms with Crippen LogP contribution in [0.3, 0.4) is 0 Å². The Morgan fingerprint density at radius 3 is 1.72 bits per heavy atom. The number of hydrogen-bond donors (Lipinski definition) is 4. The van der Waals surface area contributed by atoms with Crippen LogP contribution in [0.5, 0.6) is 0 Å². The number of aliphatic hydroxyl groups excluding tert-OH is 1. The number of nitrogens with zero attached hydrogens (tertiary/aromatic N) is 2. The lowest BCUT2D eigenvalue weighted by Gasteiger charge is -2.39. The number of sulfonamides is 1. The van der Waals surface area contributed by atoms with E-state index in [4.69, 9.17) is 11.5 Å². The van der Waals surface area contributed by atoms with Crippen molar-refractivity contribution in [3.63, 3.8) is 0 Å². The van der Waals surface area contributed by atoms with Gasteiger partial charge in [-0.05, 0) is 86.3 Å². The lowest BCUT2D eigenvalue weighted by atomic mass is 10.0. The first-order chi connectivity index (χ1) is 15.2. The zero-order valence-electron chi connectivity index (χ0n) is 19.3. The lowest BCUT2D eigenvalue weighted by molar-refractivity contribution is 0.300. The summed E-state index contributed by atoms with van der Waals surface area (Å²) in [6, 6.07) is 12.3. The Balaban J connectivity index is 2.46. The number of hydrazine groups is 1. The predicted molar refractivity (Wildman–Crippen MR) is 132 cm³/mol. The molecule has 0 atom stereocenters. The number of aliphatic hydroxyl groups is 1. The van der Waals surface area contributed by atoms with Crippen LogP contribution >= 0.6 is 0 Å². The number of aryl methyl sites for hydroxylation is 2. The van der Waals surface area contributed by atoms with Gasteiger partial charge < -0.3 is 16.6 Å². The van der Waals surface area contributed by atoms with Gasteiger partial charge in [0.05, 0.1) is 37.3 Å². The van der Waals surface area contributed by atoms with Crippen LogP contribution in [-0.4, -0.2) is 59.1 Å². The molecule has 8 nitrogen and oxygen atoms in total. The van der Waals surface area contributed by atoms with Gasteiger partial charge in [0, 0.05) is 6.54 Å². The van der Waals surface area contributed by atoms with Crippen LogP contribution in [0.4, 0.5) is 11.4 Å². The van der Waals surface area contributed by atoms with E-state index in [-0.39, 0.29) is 13.2 Å². The first-order valence-electron chi connectivity index (χ1n) is 10.9. The van der Waals surface area contributed by atoms with Gasteiger partial charge >= 0.3 is 0 Å². The summed E-state index contributed by atoms with van der Waals surface area (Å²) in [7, 11) is -3.32. The van der Waals surface area contributed by atoms with E-state index in [1.807, 2.05) is 36.0 Å². The van der Waals surface area contributed by atoms with Crippen molar-refractivity contribution in [1.29, 1.82) is 0 Å². The van der Waals surface area contributed by atoms with Gasteiger partial charge in [0.25, 0.3) is 0 Å². The number of nitrogens with one attached hydrogen (secondary N) is 1. The highest BCUT2D eigenvalue weighted by atomic mass is 32.2. The third-order valence-corrected chi connectivity index (χ3v) is 6.10. The molecule has 0 aromatic heterocycles. The molecule has 0 heterocycles. The van der Waals surface area contributed by atoms with Crippen molar-refractivity contribution in [3.8, 4) is 0 Å². The molecule has 178 valence electrons. The summed E-state index contributed by atoms with van der Waals surface area (Å²) in [5, 5.41) is 13.8. The largest absolute Gasteiger partial charge is 0.394 e. The van der Waals surface area contributed by atoms with Gasteiger partial charge in [-0.2, -0.15) is 0 Å². The van der Waals surface area contributed by atoms with E-state index in [1.54, 1.807) is 0 Å². The maximum absolute atomic E-state index is 11.6. The van der Waals surface area contributed by atoms with Gasteiger partial charge in [0.15, 0.2) is 0 Å². The zero-order chi connectivity index (χ0) is 23.7. The predicted octanol–water partition coefficient (Wildman–Crippen LogP) is 1.08. The van der Waals surface area contributed by atoms with Gasteiger partial charge in [0.2, 0.25) is 10.0 Å². The molecule has 0 fully saturated rings. The smallest absolute Gasteiger partial charge is 0.208 e. The Hall–Kier alpha value is -2.17. The molecule has 0 saturated carbocycles. The van der Waals surface area contributed by atoms with Crippen molar-refractivity contribution in [2.75, 3.05) is 55.6 Å². The molecule has 0 aliphatic carbocycles. The highest BCUT2D eigenvalue weighted by Crippen LogP contribution is 2.27. The van der Waals surface area contributed by atoms with Crippen molar-refractivity contribution in [3.05, 3.63) is 58.7 Å². The molecule has 0 bridgehead atoms. The molecule has 2 aromatic rings. The van der Waals surface area contributed by atoms with Crippen LogP contribution in [0, 0.1) is 13.8 Å². The van der Waals surface area contributed by atoms with Gasteiger partial charge in [-0.3, -0.25) is 10.0 Å². The molecule has 32 heavy (non-hydrogen) atoms. The van der Waals surface area contributed by atoms with Crippen LogP contribution in [0.1, 0.15) is 22.3 Å². The molecular weight excluding hydrogens is 426 g/mol. The van der Waals surface area contributed by atoms with E-state index < -0.39 is 10.0 Å². The van der Waals surface area contributed by atoms with Crippen molar-refractivity contribution in [1.82, 2.24) is 4.72 Å². The van der Waals surface area contributed by atoms with Crippen LogP contribution in [0.15, 0.2) is 36.4 Å². The first kappa shape index (κ1) is 26.1. The Morgan fingerprint density at radius 2 is 1.34 bits per heavy atom. The van der Waals surface area contributed by atoms with Crippen molar-refractivity contribution >= 4 is 21.4 Å². The molecule has 0 spiro atoms. The highest BCUT2D eigenvalue weighted by Gasteiger charge is 2.19. The van der Waals surface area contributed by atoms with Crippen LogP contribution in [-0.2, 0) is 22.9 Å². The monoisotopic (exact) mass is 463 g/mol. The molecule has 0 amide bonds. The maximum Gasteiger partial charge on any atom is 0.208 e. The van der Waals surface area contributed by atoms with Crippen molar-refractivity contribution < 1.29 is 13.5 Å². The summed E-state index contributed by atoms with van der Waals surface area (Å²) in [5.74, 6) is 0. The number of hydrogen-bond acceptors (Lipinski definition) is 7. The maximum atomic E-state index is 11.6. The third-order valence-electron chi connectivity index (χ3n) is 5.37. The summed E-state index contributed by atoms with van der Waals surface area (Å²) in [6.45, 7) is 6.19. The molecule has 0 aliphatic rings. The second-order valence-electron chi connectivity index (χ2n) is 7.94. The number of nitrogens with two attached hydrogens (primary N) is 2. The molecule has 0 radical (unpaired) electrons. The van der Waals surface area contributed by atoms with E-state index in [2.05, 4.69) is 29.0 Å². The van der Waals surface area contributed by atoms with Crippen LogP contribution < -0.4 is 26.2 Å². The standard InChI is InChI=1S/C23H37N5O3S/c1-18-16-22(6-4-20(18)8-10-24)27(13-12-26-32(3,30)31)28(14-15-29)23-7-5-21(9-11-25)19(2)17-23/h4-7,16-17,26,29H,8-15,24-25H2,1-3H3. The minimum absolute atomic E-state index is 0.0517. The molecule has 9 heteroatoms. The Bertz CT molecular complexity index is 982. The topological polar surface area (TPSA) is 125 Å². The van der Waals surface area contributed by atoms with Gasteiger partial charge in [0.1, 0.15) is 0 Å². The quantitative estimate of drug-likeness (QED) is 0.328. The summed E-state index contributed by atoms with van der Waals surface area (Å²) < 4.78 is 25.8. The minimum atomic E-state index is -3.32. The first-order valence-corrected chi connectivity index (χ1v) is 12.8. The summed E-state index contributed by atoms with van der Waals surface area (Å²) in [4.78, 5) is 0. The minimum Gasteiger partial charge on any atom is -0.394 e. The second-order valence-corrected chi connectivity index (χ2v) is 9.77. The number of rotatable bonds is 13. The number of benzene rings is 2. The van der Waals surface area contributed by atoms with Crippen LogP contribution in [0.25, 0.3) is 0 Å². The SMILES string of the molecule is Cc1cc(N(CCO)N(CCNS(C)(=O)=O)c2ccc(CCN)c(C)c2)ccc1CCN. The van der Waals surface area contributed by atoms with Gasteiger partial charge in [-0.1, -0.05) is 12.1 Å². The van der Waals surface area contributed by atoms with Gasteiger partial charge in [-0.15, -0.1) is 0 Å². The normalized spacial score (nSPS) is 11.6. The third kappa shape index (κ3) is 7.46. The summed E-state index contributed by atoms with van der Waals surface area (Å²) >= 11 is 0. The van der Waals surface area contributed by atoms with E-state index >= 15 is 0 Å². The molecule has 0 unspecified atom stereocenters. The molecule has 2 rings (SSSR count). The number of anilines is 2. The molecule has 0 saturated heterocycles. The summed E-state index contributed by atoms with van der Waals surface area (Å²) in [6.07, 6.45) is 2.74. The van der Waals surface area contributed by atoms with E-state index in [0.717, 1.165) is 41.6 Å². The lowest BCUT2D eigenvalue weighted by Crippen LogP contribution is -2.48. The van der Waals surface area contributed by atoms with E-state index in [0.29, 0.717) is 26.2 Å². The van der Waals surface area contributed by atoms with E-state index in [9.17, 15) is 13.5 Å².